The molecule has 140 valence electrons. The van der Waals surface area contributed by atoms with Gasteiger partial charge in [0, 0.05) is 18.9 Å². The summed E-state index contributed by atoms with van der Waals surface area (Å²) in [5.74, 6) is 0.284. The monoisotopic (exact) mass is 384 g/mol. The van der Waals surface area contributed by atoms with E-state index >= 15 is 0 Å². The number of hydrogen-bond donors (Lipinski definition) is 2. The van der Waals surface area contributed by atoms with Crippen LogP contribution >= 0.6 is 0 Å². The van der Waals surface area contributed by atoms with Crippen LogP contribution in [-0.4, -0.2) is 33.4 Å². The summed E-state index contributed by atoms with van der Waals surface area (Å²) in [6.45, 7) is 0. The maximum atomic E-state index is 12.7. The van der Waals surface area contributed by atoms with E-state index in [9.17, 15) is 8.42 Å². The number of nitrogens with one attached hydrogen (secondary N) is 2. The second-order valence-corrected chi connectivity index (χ2v) is 9.04. The zero-order chi connectivity index (χ0) is 18.6. The van der Waals surface area contributed by atoms with E-state index in [0.29, 0.717) is 0 Å². The van der Waals surface area contributed by atoms with Crippen LogP contribution in [0.3, 0.4) is 0 Å². The SMILES string of the molecule is Cn1cc(S(=O)(=O)c2nc(Nc3c4c(cc5c3CCC5)CCC4)n[nH]2)cn1. The molecule has 2 N–H and O–H groups in total. The Balaban J connectivity index is 1.51. The van der Waals surface area contributed by atoms with E-state index < -0.39 is 9.84 Å². The van der Waals surface area contributed by atoms with E-state index in [-0.39, 0.29) is 16.0 Å². The number of aromatic nitrogens is 5. The summed E-state index contributed by atoms with van der Waals surface area (Å²) in [7, 11) is -2.10. The highest BCUT2D eigenvalue weighted by atomic mass is 32.2. The summed E-state index contributed by atoms with van der Waals surface area (Å²) in [6, 6.07) is 2.35. The van der Waals surface area contributed by atoms with Crippen LogP contribution in [-0.2, 0) is 42.6 Å². The molecule has 0 aliphatic heterocycles. The van der Waals surface area contributed by atoms with Crippen molar-refractivity contribution in [2.24, 2.45) is 7.05 Å². The summed E-state index contributed by atoms with van der Waals surface area (Å²) in [5.41, 5.74) is 6.55. The largest absolute Gasteiger partial charge is 0.322 e. The van der Waals surface area contributed by atoms with E-state index in [1.165, 1.54) is 39.3 Å². The van der Waals surface area contributed by atoms with Crippen molar-refractivity contribution in [2.75, 3.05) is 5.32 Å². The third-order valence-corrected chi connectivity index (χ3v) is 6.94. The first-order valence-corrected chi connectivity index (χ1v) is 10.6. The van der Waals surface area contributed by atoms with Crippen LogP contribution in [0.5, 0.6) is 0 Å². The predicted octanol–water partition coefficient (Wildman–Crippen LogP) is 2.09. The average Bonchev–Trinajstić information content (AvgIpc) is 3.41. The first-order valence-electron chi connectivity index (χ1n) is 9.12. The molecule has 0 unspecified atom stereocenters. The van der Waals surface area contributed by atoms with Crippen molar-refractivity contribution in [1.82, 2.24) is 25.0 Å². The molecule has 0 radical (unpaired) electrons. The van der Waals surface area contributed by atoms with Gasteiger partial charge in [0.15, 0.2) is 0 Å². The smallest absolute Gasteiger partial charge is 0.249 e. The van der Waals surface area contributed by atoms with E-state index in [2.05, 4.69) is 31.7 Å². The van der Waals surface area contributed by atoms with Gasteiger partial charge in [0.2, 0.25) is 20.9 Å². The Morgan fingerprint density at radius 3 is 2.44 bits per heavy atom. The molecule has 3 aromatic rings. The molecule has 0 bridgehead atoms. The quantitative estimate of drug-likeness (QED) is 0.714. The first-order chi connectivity index (χ1) is 13.0. The number of aryl methyl sites for hydroxylation is 3. The summed E-state index contributed by atoms with van der Waals surface area (Å²) in [5, 5.41) is 13.7. The molecule has 9 heteroatoms. The van der Waals surface area contributed by atoms with E-state index in [0.717, 1.165) is 44.2 Å². The van der Waals surface area contributed by atoms with E-state index in [1.807, 2.05) is 0 Å². The van der Waals surface area contributed by atoms with Crippen molar-refractivity contribution < 1.29 is 8.42 Å². The summed E-state index contributed by atoms with van der Waals surface area (Å²) in [6.07, 6.45) is 9.34. The Bertz CT molecular complexity index is 1110. The van der Waals surface area contributed by atoms with E-state index in [4.69, 9.17) is 0 Å². The van der Waals surface area contributed by atoms with Crippen LogP contribution in [0.4, 0.5) is 11.6 Å². The van der Waals surface area contributed by atoms with Gasteiger partial charge in [-0.3, -0.25) is 4.68 Å². The number of hydrogen-bond acceptors (Lipinski definition) is 6. The van der Waals surface area contributed by atoms with Crippen molar-refractivity contribution in [3.05, 3.63) is 40.7 Å². The number of rotatable bonds is 4. The maximum absolute atomic E-state index is 12.7. The fourth-order valence-corrected chi connectivity index (χ4v) is 5.22. The van der Waals surface area contributed by atoms with Gasteiger partial charge in [-0.2, -0.15) is 10.1 Å². The van der Waals surface area contributed by atoms with Crippen LogP contribution in [0, 0.1) is 0 Å². The third-order valence-electron chi connectivity index (χ3n) is 5.42. The van der Waals surface area contributed by atoms with E-state index in [1.54, 1.807) is 7.05 Å². The van der Waals surface area contributed by atoms with Gasteiger partial charge in [0.25, 0.3) is 0 Å². The Hall–Kier alpha value is -2.68. The van der Waals surface area contributed by atoms with Gasteiger partial charge >= 0.3 is 0 Å². The standard InChI is InChI=1S/C18H20N6O2S/c1-24-10-13(9-19-24)27(25,26)18-21-17(22-23-18)20-16-14-6-2-4-11(14)8-12-5-3-7-15(12)16/h8-10H,2-7H2,1H3,(H2,20,21,22,23). The van der Waals surface area contributed by atoms with Gasteiger partial charge in [-0.15, -0.1) is 5.10 Å². The number of nitrogens with zero attached hydrogens (tertiary/aromatic N) is 4. The zero-order valence-corrected chi connectivity index (χ0v) is 15.8. The fourth-order valence-electron chi connectivity index (χ4n) is 4.15. The number of benzene rings is 1. The number of fused-ring (bicyclic) bond motifs is 2. The van der Waals surface area contributed by atoms with Crippen LogP contribution in [0.15, 0.2) is 28.5 Å². The third kappa shape index (κ3) is 2.64. The van der Waals surface area contributed by atoms with Crippen molar-refractivity contribution in [3.63, 3.8) is 0 Å². The topological polar surface area (TPSA) is 106 Å². The molecule has 0 amide bonds. The molecule has 2 aromatic heterocycles. The molecule has 2 heterocycles. The van der Waals surface area contributed by atoms with Gasteiger partial charge < -0.3 is 5.32 Å². The molecule has 2 aliphatic carbocycles. The highest BCUT2D eigenvalue weighted by Gasteiger charge is 2.27. The Kier molecular flexibility index (Phi) is 3.61. The Morgan fingerprint density at radius 1 is 1.11 bits per heavy atom. The van der Waals surface area contributed by atoms with Gasteiger partial charge in [-0.05, 0) is 60.8 Å². The van der Waals surface area contributed by atoms with Crippen molar-refractivity contribution >= 4 is 21.5 Å². The van der Waals surface area contributed by atoms with Crippen LogP contribution in [0.25, 0.3) is 0 Å². The lowest BCUT2D eigenvalue weighted by molar-refractivity contribution is 0.587. The van der Waals surface area contributed by atoms with Crippen LogP contribution < -0.4 is 5.32 Å². The molecule has 8 nitrogen and oxygen atoms in total. The molecule has 0 fully saturated rings. The van der Waals surface area contributed by atoms with Gasteiger partial charge in [0.1, 0.15) is 4.90 Å². The Labute approximate surface area is 156 Å². The van der Waals surface area contributed by atoms with Crippen LogP contribution in [0.2, 0.25) is 0 Å². The second-order valence-electron chi connectivity index (χ2n) is 7.18. The second kappa shape index (κ2) is 5.91. The minimum atomic E-state index is -3.77. The van der Waals surface area contributed by atoms with Crippen LogP contribution in [0.1, 0.15) is 35.1 Å². The molecular weight excluding hydrogens is 364 g/mol. The number of sulfone groups is 1. The zero-order valence-electron chi connectivity index (χ0n) is 15.0. The lowest BCUT2D eigenvalue weighted by Crippen LogP contribution is -2.04. The maximum Gasteiger partial charge on any atom is 0.249 e. The number of aromatic amines is 1. The van der Waals surface area contributed by atoms with Gasteiger partial charge in [0.05, 0.1) is 6.20 Å². The summed E-state index contributed by atoms with van der Waals surface area (Å²) >= 11 is 0. The minimum Gasteiger partial charge on any atom is -0.322 e. The summed E-state index contributed by atoms with van der Waals surface area (Å²) < 4.78 is 26.8. The molecule has 27 heavy (non-hydrogen) atoms. The molecule has 1 aromatic carbocycles. The molecule has 0 saturated carbocycles. The van der Waals surface area contributed by atoms with Crippen molar-refractivity contribution in [1.29, 1.82) is 0 Å². The average molecular weight is 384 g/mol. The predicted molar refractivity (Wildman–Crippen MR) is 98.8 cm³/mol. The molecule has 0 atom stereocenters. The fraction of sp³-hybridized carbons (Fsp3) is 0.389. The first kappa shape index (κ1) is 16.5. The minimum absolute atomic E-state index is 0.0918. The van der Waals surface area contributed by atoms with Gasteiger partial charge in [-0.1, -0.05) is 6.07 Å². The Morgan fingerprint density at radius 2 is 1.81 bits per heavy atom. The summed E-state index contributed by atoms with van der Waals surface area (Å²) in [4.78, 5) is 4.30. The highest BCUT2D eigenvalue weighted by molar-refractivity contribution is 7.91. The molecule has 5 rings (SSSR count). The lowest BCUT2D eigenvalue weighted by Gasteiger charge is -2.15. The highest BCUT2D eigenvalue weighted by Crippen LogP contribution is 2.39. The lowest BCUT2D eigenvalue weighted by atomic mass is 9.99. The molecule has 0 spiro atoms. The molecular formula is C18H20N6O2S. The molecule has 2 aliphatic rings. The number of H-pyrrole nitrogens is 1. The molecule has 0 saturated heterocycles. The van der Waals surface area contributed by atoms with Gasteiger partial charge in [-0.25, -0.2) is 13.5 Å². The number of anilines is 2. The van der Waals surface area contributed by atoms with Crippen molar-refractivity contribution in [2.45, 2.75) is 48.6 Å². The normalized spacial score (nSPS) is 15.7. The van der Waals surface area contributed by atoms with Crippen molar-refractivity contribution in [3.8, 4) is 0 Å².